The first kappa shape index (κ1) is 14.0. The predicted molar refractivity (Wildman–Crippen MR) is 67.3 cm³/mol. The topological polar surface area (TPSA) is 82.5 Å². The van der Waals surface area contributed by atoms with Crippen molar-refractivity contribution in [2.75, 3.05) is 19.6 Å². The molecule has 0 aliphatic rings. The first-order valence-electron chi connectivity index (χ1n) is 5.20. The van der Waals surface area contributed by atoms with E-state index in [9.17, 15) is 9.59 Å². The molecule has 0 spiro atoms. The van der Waals surface area contributed by atoms with Crippen LogP contribution in [0.5, 0.6) is 0 Å². The molecule has 0 aromatic carbocycles. The van der Waals surface area contributed by atoms with Gasteiger partial charge < -0.3 is 15.3 Å². The van der Waals surface area contributed by atoms with Crippen LogP contribution in [0.25, 0.3) is 0 Å². The Balaban J connectivity index is 2.36. The molecule has 2 N–H and O–H groups in total. The van der Waals surface area contributed by atoms with Crippen molar-refractivity contribution in [1.82, 2.24) is 15.2 Å². The van der Waals surface area contributed by atoms with E-state index in [0.717, 1.165) is 9.91 Å². The Morgan fingerprint density at radius 3 is 2.94 bits per heavy atom. The lowest BCUT2D eigenvalue weighted by Gasteiger charge is -2.18. The molecule has 18 heavy (non-hydrogen) atoms. The zero-order valence-corrected chi connectivity index (χ0v) is 10.4. The lowest BCUT2D eigenvalue weighted by Crippen LogP contribution is -2.43. The molecule has 1 aromatic rings. The third-order valence-corrected chi connectivity index (χ3v) is 2.83. The number of nitrogens with zero attached hydrogens (tertiary/aromatic N) is 2. The van der Waals surface area contributed by atoms with Gasteiger partial charge in [0.25, 0.3) is 0 Å². The number of hydrogen-bond donors (Lipinski definition) is 2. The number of aliphatic carboxylic acids is 1. The zero-order valence-electron chi connectivity index (χ0n) is 9.63. The van der Waals surface area contributed by atoms with Gasteiger partial charge >= 0.3 is 12.0 Å². The minimum absolute atomic E-state index is 0.0324. The Hall–Kier alpha value is -2.07. The summed E-state index contributed by atoms with van der Waals surface area (Å²) in [5, 5.41) is 14.0. The number of rotatable bonds is 6. The number of carboxylic acid groups (broad SMARTS) is 1. The lowest BCUT2D eigenvalue weighted by molar-refractivity contribution is -0.137. The quantitative estimate of drug-likeness (QED) is 0.732. The van der Waals surface area contributed by atoms with Crippen molar-refractivity contribution in [3.05, 3.63) is 16.6 Å². The number of urea groups is 1. The second-order valence-corrected chi connectivity index (χ2v) is 4.34. The van der Waals surface area contributed by atoms with E-state index in [4.69, 9.17) is 11.5 Å². The van der Waals surface area contributed by atoms with Crippen LogP contribution in [0.2, 0.25) is 0 Å². The van der Waals surface area contributed by atoms with Gasteiger partial charge in [-0.2, -0.15) is 0 Å². The van der Waals surface area contributed by atoms with Crippen LogP contribution >= 0.6 is 11.3 Å². The molecule has 2 amide bonds. The summed E-state index contributed by atoms with van der Waals surface area (Å²) in [7, 11) is 0. The summed E-state index contributed by atoms with van der Waals surface area (Å²) >= 11 is 1.50. The summed E-state index contributed by atoms with van der Waals surface area (Å²) in [5.41, 5.74) is 0. The molecule has 1 aromatic heterocycles. The Morgan fingerprint density at radius 1 is 1.61 bits per heavy atom. The first-order valence-corrected chi connectivity index (χ1v) is 6.08. The second-order valence-electron chi connectivity index (χ2n) is 3.36. The smallest absolute Gasteiger partial charge is 0.323 e. The van der Waals surface area contributed by atoms with Gasteiger partial charge in [0.05, 0.1) is 11.6 Å². The standard InChI is InChI=1S/C11H13N3O3S/c1-2-6-14(8-10(15)16)11(17)13-4-3-9-12-5-7-18-9/h1,5,7H,3-4,6,8H2,(H,13,17)(H,15,16). The first-order chi connectivity index (χ1) is 8.63. The molecule has 1 rings (SSSR count). The van der Waals surface area contributed by atoms with E-state index in [0.29, 0.717) is 13.0 Å². The molecule has 0 fully saturated rings. The van der Waals surface area contributed by atoms with Crippen molar-refractivity contribution in [2.24, 2.45) is 0 Å². The normalized spacial score (nSPS) is 9.50. The number of carboxylic acids is 1. The highest BCUT2D eigenvalue weighted by Gasteiger charge is 2.14. The maximum Gasteiger partial charge on any atom is 0.323 e. The molecule has 0 aliphatic heterocycles. The highest BCUT2D eigenvalue weighted by Crippen LogP contribution is 2.03. The van der Waals surface area contributed by atoms with E-state index in [-0.39, 0.29) is 6.54 Å². The van der Waals surface area contributed by atoms with Gasteiger partial charge in [0, 0.05) is 24.5 Å². The molecule has 0 aliphatic carbocycles. The molecule has 0 saturated heterocycles. The summed E-state index contributed by atoms with van der Waals surface area (Å²) in [5.74, 6) is 1.15. The van der Waals surface area contributed by atoms with Crippen LogP contribution in [0, 0.1) is 12.3 Å². The van der Waals surface area contributed by atoms with Gasteiger partial charge in [-0.05, 0) is 0 Å². The van der Waals surface area contributed by atoms with E-state index in [1.165, 1.54) is 11.3 Å². The van der Waals surface area contributed by atoms with Crippen LogP contribution in [0.3, 0.4) is 0 Å². The van der Waals surface area contributed by atoms with Gasteiger partial charge in [-0.25, -0.2) is 9.78 Å². The van der Waals surface area contributed by atoms with Gasteiger partial charge in [0.15, 0.2) is 0 Å². The molecule has 96 valence electrons. The predicted octanol–water partition coefficient (Wildman–Crippen LogP) is 0.415. The van der Waals surface area contributed by atoms with Crippen LogP contribution in [0.4, 0.5) is 4.79 Å². The molecule has 1 heterocycles. The molecular formula is C11H13N3O3S. The van der Waals surface area contributed by atoms with Crippen molar-refractivity contribution in [3.63, 3.8) is 0 Å². The Labute approximate surface area is 109 Å². The number of carbonyl (C=O) groups excluding carboxylic acids is 1. The average Bonchev–Trinajstić information content (AvgIpc) is 2.81. The SMILES string of the molecule is C#CCN(CC(=O)O)C(=O)NCCc1nccs1. The maximum absolute atomic E-state index is 11.6. The molecule has 0 unspecified atom stereocenters. The molecule has 7 heteroatoms. The van der Waals surface area contributed by atoms with Gasteiger partial charge in [0.2, 0.25) is 0 Å². The van der Waals surface area contributed by atoms with E-state index < -0.39 is 18.5 Å². The van der Waals surface area contributed by atoms with Gasteiger partial charge in [-0.3, -0.25) is 4.79 Å². The minimum atomic E-state index is -1.10. The molecular weight excluding hydrogens is 254 g/mol. The number of thiazole rings is 1. The molecule has 0 radical (unpaired) electrons. The number of carbonyl (C=O) groups is 2. The average molecular weight is 267 g/mol. The fraction of sp³-hybridized carbons (Fsp3) is 0.364. The monoisotopic (exact) mass is 267 g/mol. The van der Waals surface area contributed by atoms with Crippen molar-refractivity contribution in [3.8, 4) is 12.3 Å². The Morgan fingerprint density at radius 2 is 2.39 bits per heavy atom. The molecule has 0 bridgehead atoms. The van der Waals surface area contributed by atoms with Crippen LogP contribution in [0.1, 0.15) is 5.01 Å². The third kappa shape index (κ3) is 4.84. The fourth-order valence-corrected chi connectivity index (χ4v) is 1.86. The van der Waals surface area contributed by atoms with Crippen molar-refractivity contribution in [1.29, 1.82) is 0 Å². The van der Waals surface area contributed by atoms with Crippen LogP contribution in [-0.4, -0.2) is 46.6 Å². The van der Waals surface area contributed by atoms with E-state index in [2.05, 4.69) is 16.2 Å². The lowest BCUT2D eigenvalue weighted by atomic mass is 10.4. The second kappa shape index (κ2) is 7.29. The van der Waals surface area contributed by atoms with Crippen LogP contribution in [0.15, 0.2) is 11.6 Å². The Kier molecular flexibility index (Phi) is 5.67. The molecule has 6 nitrogen and oxygen atoms in total. The van der Waals surface area contributed by atoms with Gasteiger partial charge in [-0.1, -0.05) is 5.92 Å². The summed E-state index contributed by atoms with van der Waals surface area (Å²) in [6, 6.07) is -0.480. The number of amides is 2. The van der Waals surface area contributed by atoms with Gasteiger partial charge in [0.1, 0.15) is 6.54 Å². The van der Waals surface area contributed by atoms with Crippen molar-refractivity contribution >= 4 is 23.3 Å². The van der Waals surface area contributed by atoms with Crippen molar-refractivity contribution in [2.45, 2.75) is 6.42 Å². The highest BCUT2D eigenvalue weighted by atomic mass is 32.1. The zero-order chi connectivity index (χ0) is 13.4. The van der Waals surface area contributed by atoms with Crippen LogP contribution < -0.4 is 5.32 Å². The summed E-state index contributed by atoms with van der Waals surface area (Å²) in [6.07, 6.45) is 7.38. The van der Waals surface area contributed by atoms with Crippen LogP contribution in [-0.2, 0) is 11.2 Å². The molecule has 0 atom stereocenters. The summed E-state index contributed by atoms with van der Waals surface area (Å²) in [6.45, 7) is -0.0459. The van der Waals surface area contributed by atoms with Gasteiger partial charge in [-0.15, -0.1) is 17.8 Å². The number of aromatic nitrogens is 1. The third-order valence-electron chi connectivity index (χ3n) is 1.99. The largest absolute Gasteiger partial charge is 0.480 e. The maximum atomic E-state index is 11.6. The highest BCUT2D eigenvalue weighted by molar-refractivity contribution is 7.09. The van der Waals surface area contributed by atoms with E-state index >= 15 is 0 Å². The number of hydrogen-bond acceptors (Lipinski definition) is 4. The van der Waals surface area contributed by atoms with E-state index in [1.54, 1.807) is 6.20 Å². The molecule has 0 saturated carbocycles. The minimum Gasteiger partial charge on any atom is -0.480 e. The summed E-state index contributed by atoms with van der Waals surface area (Å²) < 4.78 is 0. The number of nitrogens with one attached hydrogen (secondary N) is 1. The summed E-state index contributed by atoms with van der Waals surface area (Å²) in [4.78, 5) is 27.3. The number of terminal acetylenes is 1. The van der Waals surface area contributed by atoms with Crippen molar-refractivity contribution < 1.29 is 14.7 Å². The Bertz CT molecular complexity index is 439. The fourth-order valence-electron chi connectivity index (χ4n) is 1.24. The van der Waals surface area contributed by atoms with E-state index in [1.807, 2.05) is 5.38 Å².